The molecule has 0 atom stereocenters. The molecule has 0 unspecified atom stereocenters. The van der Waals surface area contributed by atoms with Gasteiger partial charge in [-0.3, -0.25) is 0 Å². The van der Waals surface area contributed by atoms with Gasteiger partial charge in [0.1, 0.15) is 11.6 Å². The summed E-state index contributed by atoms with van der Waals surface area (Å²) in [6.45, 7) is 7.00. The van der Waals surface area contributed by atoms with E-state index in [1.807, 2.05) is 6.07 Å². The largest absolute Gasteiger partial charge is 0.378 e. The number of halogens is 3. The quantitative estimate of drug-likeness (QED) is 0.693. The minimum Gasteiger partial charge on any atom is -0.378 e. The first-order valence-electron chi connectivity index (χ1n) is 6.25. The van der Waals surface area contributed by atoms with Crippen LogP contribution in [0.25, 0.3) is 0 Å². The van der Waals surface area contributed by atoms with E-state index in [4.69, 9.17) is 0 Å². The second-order valence-corrected chi connectivity index (χ2v) is 7.64. The average Bonchev–Trinajstić information content (AvgIpc) is 2.80. The molecule has 1 aromatic heterocycles. The SMILES string of the molecule is CC(C)(C)c1ccc(CNc2cc(Br)c(F)cc2F)s1. The third kappa shape index (κ3) is 3.58. The van der Waals surface area contributed by atoms with Crippen molar-refractivity contribution < 1.29 is 8.78 Å². The van der Waals surface area contributed by atoms with Gasteiger partial charge in [-0.2, -0.15) is 0 Å². The van der Waals surface area contributed by atoms with Crippen molar-refractivity contribution >= 4 is 33.0 Å². The van der Waals surface area contributed by atoms with Crippen LogP contribution in [0.1, 0.15) is 30.5 Å². The van der Waals surface area contributed by atoms with E-state index < -0.39 is 11.6 Å². The van der Waals surface area contributed by atoms with E-state index in [0.717, 1.165) is 10.9 Å². The monoisotopic (exact) mass is 359 g/mol. The Bertz CT molecular complexity index is 617. The lowest BCUT2D eigenvalue weighted by atomic mass is 9.95. The van der Waals surface area contributed by atoms with Crippen molar-refractivity contribution in [1.29, 1.82) is 0 Å². The van der Waals surface area contributed by atoms with Crippen molar-refractivity contribution in [2.24, 2.45) is 0 Å². The fourth-order valence-electron chi connectivity index (χ4n) is 1.72. The van der Waals surface area contributed by atoms with Crippen molar-refractivity contribution in [1.82, 2.24) is 0 Å². The second kappa shape index (κ2) is 5.82. The van der Waals surface area contributed by atoms with Crippen LogP contribution in [0.3, 0.4) is 0 Å². The summed E-state index contributed by atoms with van der Waals surface area (Å²) in [5.41, 5.74) is 0.413. The molecule has 0 saturated carbocycles. The van der Waals surface area contributed by atoms with E-state index in [1.165, 1.54) is 10.9 Å². The standard InChI is InChI=1S/C15H16BrF2NS/c1-15(2,3)14-5-4-9(20-14)8-19-13-6-10(16)11(17)7-12(13)18/h4-7,19H,8H2,1-3H3. The predicted molar refractivity (Wildman–Crippen MR) is 84.4 cm³/mol. The van der Waals surface area contributed by atoms with Crippen LogP contribution >= 0.6 is 27.3 Å². The van der Waals surface area contributed by atoms with E-state index in [0.29, 0.717) is 12.2 Å². The van der Waals surface area contributed by atoms with Gasteiger partial charge < -0.3 is 5.32 Å². The van der Waals surface area contributed by atoms with E-state index in [1.54, 1.807) is 11.3 Å². The molecule has 0 aliphatic carbocycles. The van der Waals surface area contributed by atoms with Crippen LogP contribution in [-0.4, -0.2) is 0 Å². The number of hydrogen-bond acceptors (Lipinski definition) is 2. The maximum absolute atomic E-state index is 13.6. The van der Waals surface area contributed by atoms with E-state index in [2.05, 4.69) is 48.1 Å². The number of hydrogen-bond donors (Lipinski definition) is 1. The van der Waals surface area contributed by atoms with Gasteiger partial charge in [-0.05, 0) is 39.5 Å². The minimum atomic E-state index is -0.598. The highest BCUT2D eigenvalue weighted by atomic mass is 79.9. The molecule has 5 heteroatoms. The predicted octanol–water partition coefficient (Wildman–Crippen LogP) is 5.70. The van der Waals surface area contributed by atoms with Gasteiger partial charge in [0.15, 0.2) is 0 Å². The Hall–Kier alpha value is -0.940. The molecule has 0 bridgehead atoms. The maximum atomic E-state index is 13.6. The first kappa shape index (κ1) is 15.4. The van der Waals surface area contributed by atoms with Gasteiger partial charge >= 0.3 is 0 Å². The van der Waals surface area contributed by atoms with Gasteiger partial charge in [0.25, 0.3) is 0 Å². The van der Waals surface area contributed by atoms with Crippen LogP contribution in [0, 0.1) is 11.6 Å². The molecule has 0 saturated heterocycles. The molecule has 0 fully saturated rings. The van der Waals surface area contributed by atoms with Crippen LogP contribution in [-0.2, 0) is 12.0 Å². The highest BCUT2D eigenvalue weighted by molar-refractivity contribution is 9.10. The molecule has 2 aromatic rings. The zero-order valence-corrected chi connectivity index (χ0v) is 14.0. The van der Waals surface area contributed by atoms with Gasteiger partial charge in [-0.25, -0.2) is 8.78 Å². The number of anilines is 1. The Morgan fingerprint density at radius 1 is 1.15 bits per heavy atom. The molecule has 0 spiro atoms. The maximum Gasteiger partial charge on any atom is 0.149 e. The highest BCUT2D eigenvalue weighted by Crippen LogP contribution is 2.30. The third-order valence-electron chi connectivity index (χ3n) is 2.86. The third-order valence-corrected chi connectivity index (χ3v) is 4.98. The lowest BCUT2D eigenvalue weighted by Gasteiger charge is -2.15. The van der Waals surface area contributed by atoms with E-state index in [-0.39, 0.29) is 9.89 Å². The first-order chi connectivity index (χ1) is 9.27. The number of thiophene rings is 1. The zero-order valence-electron chi connectivity index (χ0n) is 11.6. The molecule has 1 heterocycles. The zero-order chi connectivity index (χ0) is 14.9. The van der Waals surface area contributed by atoms with Crippen molar-refractivity contribution in [3.8, 4) is 0 Å². The summed E-state index contributed by atoms with van der Waals surface area (Å²) >= 11 is 4.76. The normalized spacial score (nSPS) is 11.7. The Labute approximate surface area is 130 Å². The number of rotatable bonds is 3. The molecule has 20 heavy (non-hydrogen) atoms. The van der Waals surface area contributed by atoms with Crippen molar-refractivity contribution in [3.63, 3.8) is 0 Å². The first-order valence-corrected chi connectivity index (χ1v) is 7.86. The molecule has 1 nitrogen and oxygen atoms in total. The molecule has 2 rings (SSSR count). The molecular formula is C15H16BrF2NS. The lowest BCUT2D eigenvalue weighted by molar-refractivity contribution is 0.580. The lowest BCUT2D eigenvalue weighted by Crippen LogP contribution is -2.07. The molecule has 0 aliphatic heterocycles. The van der Waals surface area contributed by atoms with Crippen molar-refractivity contribution in [2.75, 3.05) is 5.32 Å². The smallest absolute Gasteiger partial charge is 0.149 e. The topological polar surface area (TPSA) is 12.0 Å². The van der Waals surface area contributed by atoms with Crippen molar-refractivity contribution in [2.45, 2.75) is 32.7 Å². The van der Waals surface area contributed by atoms with Crippen LogP contribution in [0.15, 0.2) is 28.7 Å². The van der Waals surface area contributed by atoms with E-state index in [9.17, 15) is 8.78 Å². The van der Waals surface area contributed by atoms with Crippen LogP contribution < -0.4 is 5.32 Å². The number of benzene rings is 1. The van der Waals surface area contributed by atoms with E-state index >= 15 is 0 Å². The van der Waals surface area contributed by atoms with Gasteiger partial charge in [0.05, 0.1) is 10.2 Å². The average molecular weight is 360 g/mol. The Morgan fingerprint density at radius 3 is 2.45 bits per heavy atom. The minimum absolute atomic E-state index is 0.118. The molecule has 0 amide bonds. The summed E-state index contributed by atoms with van der Waals surface area (Å²) in [5, 5.41) is 3.00. The van der Waals surface area contributed by atoms with Gasteiger partial charge in [0, 0.05) is 22.4 Å². The Morgan fingerprint density at radius 2 is 1.85 bits per heavy atom. The molecular weight excluding hydrogens is 344 g/mol. The molecule has 0 aliphatic rings. The Balaban J connectivity index is 2.09. The fourth-order valence-corrected chi connectivity index (χ4v) is 3.06. The van der Waals surface area contributed by atoms with Crippen molar-refractivity contribution in [3.05, 3.63) is 50.1 Å². The van der Waals surface area contributed by atoms with Gasteiger partial charge in [0.2, 0.25) is 0 Å². The molecule has 1 aromatic carbocycles. The summed E-state index contributed by atoms with van der Waals surface area (Å²) < 4.78 is 27.0. The summed E-state index contributed by atoms with van der Waals surface area (Å²) in [6, 6.07) is 6.43. The van der Waals surface area contributed by atoms with Gasteiger partial charge in [-0.15, -0.1) is 11.3 Å². The Kier molecular flexibility index (Phi) is 4.49. The second-order valence-electron chi connectivity index (χ2n) is 5.62. The van der Waals surface area contributed by atoms with Crippen LogP contribution in [0.2, 0.25) is 0 Å². The number of nitrogens with one attached hydrogen (secondary N) is 1. The summed E-state index contributed by atoms with van der Waals surface area (Å²) in [6.07, 6.45) is 0. The highest BCUT2D eigenvalue weighted by Gasteiger charge is 2.16. The molecule has 1 N–H and O–H groups in total. The van der Waals surface area contributed by atoms with Crippen LogP contribution in [0.4, 0.5) is 14.5 Å². The fraction of sp³-hybridized carbons (Fsp3) is 0.333. The summed E-state index contributed by atoms with van der Waals surface area (Å²) in [5.74, 6) is -1.18. The molecule has 0 radical (unpaired) electrons. The molecule has 108 valence electrons. The summed E-state index contributed by atoms with van der Waals surface area (Å²) in [4.78, 5) is 2.41. The van der Waals surface area contributed by atoms with Crippen LogP contribution in [0.5, 0.6) is 0 Å². The summed E-state index contributed by atoms with van der Waals surface area (Å²) in [7, 11) is 0. The van der Waals surface area contributed by atoms with Gasteiger partial charge in [-0.1, -0.05) is 20.8 Å².